The zero-order valence-corrected chi connectivity index (χ0v) is 11.6. The van der Waals surface area contributed by atoms with Crippen LogP contribution in [0.4, 0.5) is 4.39 Å². The fourth-order valence-electron chi connectivity index (χ4n) is 2.22. The number of rotatable bonds is 3. The van der Waals surface area contributed by atoms with Gasteiger partial charge in [0.25, 0.3) is 0 Å². The Morgan fingerprint density at radius 3 is 2.76 bits per heavy atom. The van der Waals surface area contributed by atoms with Crippen molar-refractivity contribution in [3.63, 3.8) is 0 Å². The molecular formula is C17H15FN2O. The molecule has 3 rings (SSSR count). The molecule has 0 saturated heterocycles. The minimum atomic E-state index is -0.249. The predicted molar refractivity (Wildman–Crippen MR) is 80.8 cm³/mol. The van der Waals surface area contributed by atoms with Crippen LogP contribution in [0.3, 0.4) is 0 Å². The minimum Gasteiger partial charge on any atom is -0.456 e. The molecule has 0 aliphatic carbocycles. The first-order valence-corrected chi connectivity index (χ1v) is 6.69. The standard InChI is InChI=1S/C17H15FN2O/c1-11-8-13(6-7-15(11)18)21-17-12(9-19)10-20-16-5-3-2-4-14(16)17/h2-8,10H,9,19H2,1H3. The highest BCUT2D eigenvalue weighted by atomic mass is 19.1. The maximum absolute atomic E-state index is 13.4. The van der Waals surface area contributed by atoms with Crippen LogP contribution in [-0.2, 0) is 6.54 Å². The van der Waals surface area contributed by atoms with Gasteiger partial charge in [-0.2, -0.15) is 0 Å². The van der Waals surface area contributed by atoms with E-state index in [2.05, 4.69) is 4.98 Å². The molecule has 0 aliphatic rings. The molecule has 21 heavy (non-hydrogen) atoms. The highest BCUT2D eigenvalue weighted by Crippen LogP contribution is 2.32. The Bertz CT molecular complexity index is 802. The van der Waals surface area contributed by atoms with Gasteiger partial charge in [-0.3, -0.25) is 4.98 Å². The Morgan fingerprint density at radius 1 is 1.19 bits per heavy atom. The van der Waals surface area contributed by atoms with Crippen LogP contribution in [0, 0.1) is 12.7 Å². The van der Waals surface area contributed by atoms with Crippen LogP contribution in [0.2, 0.25) is 0 Å². The van der Waals surface area contributed by atoms with Gasteiger partial charge < -0.3 is 10.5 Å². The van der Waals surface area contributed by atoms with Gasteiger partial charge in [0.1, 0.15) is 17.3 Å². The van der Waals surface area contributed by atoms with E-state index in [9.17, 15) is 4.39 Å². The molecule has 0 saturated carbocycles. The molecule has 1 heterocycles. The first-order valence-electron chi connectivity index (χ1n) is 6.69. The molecule has 0 fully saturated rings. The molecule has 0 bridgehead atoms. The molecular weight excluding hydrogens is 267 g/mol. The highest BCUT2D eigenvalue weighted by Gasteiger charge is 2.11. The Kier molecular flexibility index (Phi) is 3.54. The number of pyridine rings is 1. The fourth-order valence-corrected chi connectivity index (χ4v) is 2.22. The zero-order valence-electron chi connectivity index (χ0n) is 11.6. The maximum atomic E-state index is 13.4. The summed E-state index contributed by atoms with van der Waals surface area (Å²) in [7, 11) is 0. The third-order valence-corrected chi connectivity index (χ3v) is 3.37. The molecule has 2 N–H and O–H groups in total. The van der Waals surface area contributed by atoms with E-state index in [1.807, 2.05) is 24.3 Å². The van der Waals surface area contributed by atoms with Crippen molar-refractivity contribution < 1.29 is 9.13 Å². The average Bonchev–Trinajstić information content (AvgIpc) is 2.51. The molecule has 0 amide bonds. The van der Waals surface area contributed by atoms with Crippen molar-refractivity contribution in [1.29, 1.82) is 0 Å². The molecule has 4 heteroatoms. The molecule has 3 nitrogen and oxygen atoms in total. The summed E-state index contributed by atoms with van der Waals surface area (Å²) < 4.78 is 19.3. The molecule has 106 valence electrons. The lowest BCUT2D eigenvalue weighted by molar-refractivity contribution is 0.478. The number of halogens is 1. The lowest BCUT2D eigenvalue weighted by atomic mass is 10.1. The molecule has 0 unspecified atom stereocenters. The topological polar surface area (TPSA) is 48.1 Å². The summed E-state index contributed by atoms with van der Waals surface area (Å²) in [5, 5.41) is 0.891. The SMILES string of the molecule is Cc1cc(Oc2c(CN)cnc3ccccc23)ccc1F. The number of benzene rings is 2. The van der Waals surface area contributed by atoms with Gasteiger partial charge in [-0.15, -0.1) is 0 Å². The van der Waals surface area contributed by atoms with Gasteiger partial charge in [-0.05, 0) is 42.8 Å². The number of fused-ring (bicyclic) bond motifs is 1. The number of nitrogens with two attached hydrogens (primary N) is 1. The van der Waals surface area contributed by atoms with E-state index in [0.29, 0.717) is 23.6 Å². The van der Waals surface area contributed by atoms with E-state index in [1.165, 1.54) is 6.07 Å². The smallest absolute Gasteiger partial charge is 0.142 e. The van der Waals surface area contributed by atoms with Crippen LogP contribution in [-0.4, -0.2) is 4.98 Å². The number of hydrogen-bond donors (Lipinski definition) is 1. The van der Waals surface area contributed by atoms with E-state index >= 15 is 0 Å². The number of nitrogens with zero attached hydrogens (tertiary/aromatic N) is 1. The van der Waals surface area contributed by atoms with Gasteiger partial charge in [-0.1, -0.05) is 12.1 Å². The lowest BCUT2D eigenvalue weighted by Crippen LogP contribution is -2.01. The second-order valence-corrected chi connectivity index (χ2v) is 4.85. The molecule has 1 aromatic heterocycles. The second kappa shape index (κ2) is 5.50. The molecule has 3 aromatic rings. The fraction of sp³-hybridized carbons (Fsp3) is 0.118. The molecule has 0 radical (unpaired) electrons. The van der Waals surface area contributed by atoms with Gasteiger partial charge in [0.05, 0.1) is 5.52 Å². The molecule has 0 atom stereocenters. The van der Waals surface area contributed by atoms with Crippen molar-refractivity contribution >= 4 is 10.9 Å². The van der Waals surface area contributed by atoms with E-state index in [1.54, 1.807) is 25.3 Å². The summed E-state index contributed by atoms with van der Waals surface area (Å²) in [5.74, 6) is 1.01. The van der Waals surface area contributed by atoms with Crippen LogP contribution in [0.15, 0.2) is 48.7 Å². The number of hydrogen-bond acceptors (Lipinski definition) is 3. The van der Waals surface area contributed by atoms with Crippen LogP contribution >= 0.6 is 0 Å². The first-order chi connectivity index (χ1) is 10.2. The summed E-state index contributed by atoms with van der Waals surface area (Å²) >= 11 is 0. The van der Waals surface area contributed by atoms with Crippen molar-refractivity contribution in [3.8, 4) is 11.5 Å². The second-order valence-electron chi connectivity index (χ2n) is 4.85. The molecule has 0 aliphatic heterocycles. The number of aryl methyl sites for hydroxylation is 1. The average molecular weight is 282 g/mol. The quantitative estimate of drug-likeness (QED) is 0.791. The number of aromatic nitrogens is 1. The summed E-state index contributed by atoms with van der Waals surface area (Å²) in [4.78, 5) is 4.37. The normalized spacial score (nSPS) is 10.8. The minimum absolute atomic E-state index is 0.249. The third-order valence-electron chi connectivity index (χ3n) is 3.37. The Morgan fingerprint density at radius 2 is 2.00 bits per heavy atom. The van der Waals surface area contributed by atoms with Crippen LogP contribution in [0.25, 0.3) is 10.9 Å². The van der Waals surface area contributed by atoms with Crippen molar-refractivity contribution in [2.45, 2.75) is 13.5 Å². The molecule has 2 aromatic carbocycles. The summed E-state index contributed by atoms with van der Waals surface area (Å²) in [6, 6.07) is 12.4. The van der Waals surface area contributed by atoms with Crippen molar-refractivity contribution in [2.75, 3.05) is 0 Å². The van der Waals surface area contributed by atoms with Gasteiger partial charge in [0.2, 0.25) is 0 Å². The first kappa shape index (κ1) is 13.5. The zero-order chi connectivity index (χ0) is 14.8. The van der Waals surface area contributed by atoms with Gasteiger partial charge in [0, 0.05) is 23.7 Å². The van der Waals surface area contributed by atoms with Gasteiger partial charge >= 0.3 is 0 Å². The van der Waals surface area contributed by atoms with Gasteiger partial charge in [0.15, 0.2) is 0 Å². The summed E-state index contributed by atoms with van der Waals surface area (Å²) in [5.41, 5.74) is 7.96. The largest absolute Gasteiger partial charge is 0.456 e. The van der Waals surface area contributed by atoms with Crippen LogP contribution in [0.5, 0.6) is 11.5 Å². The Labute approximate surface area is 122 Å². The van der Waals surface area contributed by atoms with Crippen molar-refractivity contribution in [3.05, 3.63) is 65.6 Å². The number of para-hydroxylation sites is 1. The number of ether oxygens (including phenoxy) is 1. The monoisotopic (exact) mass is 282 g/mol. The highest BCUT2D eigenvalue weighted by molar-refractivity contribution is 5.86. The lowest BCUT2D eigenvalue weighted by Gasteiger charge is -2.13. The van der Waals surface area contributed by atoms with Gasteiger partial charge in [-0.25, -0.2) is 4.39 Å². The van der Waals surface area contributed by atoms with E-state index in [0.717, 1.165) is 16.5 Å². The Balaban J connectivity index is 2.11. The summed E-state index contributed by atoms with van der Waals surface area (Å²) in [6.45, 7) is 2.03. The van der Waals surface area contributed by atoms with Crippen LogP contribution in [0.1, 0.15) is 11.1 Å². The maximum Gasteiger partial charge on any atom is 0.142 e. The Hall–Kier alpha value is -2.46. The third kappa shape index (κ3) is 2.58. The van der Waals surface area contributed by atoms with E-state index in [-0.39, 0.29) is 5.82 Å². The van der Waals surface area contributed by atoms with E-state index in [4.69, 9.17) is 10.5 Å². The van der Waals surface area contributed by atoms with Crippen molar-refractivity contribution in [1.82, 2.24) is 4.98 Å². The predicted octanol–water partition coefficient (Wildman–Crippen LogP) is 3.93. The van der Waals surface area contributed by atoms with Crippen molar-refractivity contribution in [2.24, 2.45) is 5.73 Å². The molecule has 0 spiro atoms. The van der Waals surface area contributed by atoms with Crippen LogP contribution < -0.4 is 10.5 Å². The summed E-state index contributed by atoms with van der Waals surface area (Å²) in [6.07, 6.45) is 1.72. The van der Waals surface area contributed by atoms with E-state index < -0.39 is 0 Å².